The van der Waals surface area contributed by atoms with Gasteiger partial charge in [0.1, 0.15) is 5.60 Å². The smallest absolute Gasteiger partial charge is 0.410 e. The molecule has 1 unspecified atom stereocenters. The van der Waals surface area contributed by atoms with Gasteiger partial charge < -0.3 is 9.64 Å². The Morgan fingerprint density at radius 3 is 2.50 bits per heavy atom. The molecule has 2 rings (SSSR count). The predicted molar refractivity (Wildman–Crippen MR) is 111 cm³/mol. The average molecular weight is 415 g/mol. The molecular formula is C20H25N5O5. The van der Waals surface area contributed by atoms with Crippen molar-refractivity contribution >= 4 is 30.2 Å². The van der Waals surface area contributed by atoms with Gasteiger partial charge >= 0.3 is 6.09 Å². The number of carbonyl (C=O) groups is 3. The first kappa shape index (κ1) is 22.7. The minimum atomic E-state index is -0.645. The summed E-state index contributed by atoms with van der Waals surface area (Å²) in [5, 5.41) is 6.26. The molecule has 2 N–H and O–H groups in total. The number of hydrazone groups is 1. The van der Waals surface area contributed by atoms with Crippen molar-refractivity contribution in [2.24, 2.45) is 10.4 Å². The number of hydrogen-bond donors (Lipinski definition) is 2. The molecule has 10 nitrogen and oxygen atoms in total. The fourth-order valence-corrected chi connectivity index (χ4v) is 2.74. The summed E-state index contributed by atoms with van der Waals surface area (Å²) in [6, 6.07) is 6.18. The summed E-state index contributed by atoms with van der Waals surface area (Å²) in [6.07, 6.45) is 5.34. The molecular weight excluding hydrogens is 390 g/mol. The van der Waals surface area contributed by atoms with E-state index in [-0.39, 0.29) is 6.04 Å². The van der Waals surface area contributed by atoms with Crippen LogP contribution in [0.4, 0.5) is 4.79 Å². The molecule has 0 radical (unpaired) electrons. The molecule has 160 valence electrons. The molecule has 0 bridgehead atoms. The number of carbonyl (C=O) groups excluding carboxylic acids is 3. The third-order valence-corrected chi connectivity index (χ3v) is 4.10. The number of likely N-dealkylation sites (tertiary alicyclic amines) is 1. The molecule has 1 aromatic carbocycles. The maximum atomic E-state index is 12.3. The molecule has 10 heteroatoms. The molecule has 1 aliphatic heterocycles. The highest BCUT2D eigenvalue weighted by Gasteiger charge is 2.31. The monoisotopic (exact) mass is 415 g/mol. The largest absolute Gasteiger partial charge is 0.444 e. The van der Waals surface area contributed by atoms with Crippen LogP contribution in [0.1, 0.15) is 49.5 Å². The number of nitrogens with zero attached hydrogens (tertiary/aromatic N) is 3. The Bertz CT molecular complexity index is 842. The van der Waals surface area contributed by atoms with Crippen LogP contribution in [0.5, 0.6) is 0 Å². The van der Waals surface area contributed by atoms with Gasteiger partial charge in [0.15, 0.2) is 0 Å². The average Bonchev–Trinajstić information content (AvgIpc) is 3.14. The van der Waals surface area contributed by atoms with Crippen LogP contribution in [0.15, 0.2) is 40.7 Å². The maximum Gasteiger partial charge on any atom is 0.410 e. The number of ether oxygens (including phenoxy) is 1. The predicted octanol–water partition coefficient (Wildman–Crippen LogP) is 2.61. The lowest BCUT2D eigenvalue weighted by Crippen LogP contribution is -2.40. The minimum Gasteiger partial charge on any atom is -0.444 e. The second-order valence-electron chi connectivity index (χ2n) is 7.63. The molecule has 1 saturated heterocycles. The topological polar surface area (TPSA) is 130 Å². The van der Waals surface area contributed by atoms with E-state index in [0.717, 1.165) is 18.9 Å². The molecule has 30 heavy (non-hydrogen) atoms. The van der Waals surface area contributed by atoms with E-state index in [4.69, 9.17) is 4.74 Å². The van der Waals surface area contributed by atoms with E-state index in [2.05, 4.69) is 15.8 Å². The number of amides is 3. The first-order chi connectivity index (χ1) is 14.2. The normalized spacial score (nSPS) is 16.6. The van der Waals surface area contributed by atoms with Crippen molar-refractivity contribution in [1.29, 1.82) is 0 Å². The third kappa shape index (κ3) is 7.12. The van der Waals surface area contributed by atoms with Crippen molar-refractivity contribution in [2.75, 3.05) is 6.54 Å². The Morgan fingerprint density at radius 2 is 1.87 bits per heavy atom. The molecule has 3 amide bonds. The van der Waals surface area contributed by atoms with Gasteiger partial charge in [-0.3, -0.25) is 9.59 Å². The molecule has 1 aliphatic rings. The zero-order valence-electron chi connectivity index (χ0n) is 17.1. The first-order valence-electron chi connectivity index (χ1n) is 9.43. The fraction of sp³-hybridized carbons (Fsp3) is 0.400. The van der Waals surface area contributed by atoms with E-state index in [1.54, 1.807) is 34.6 Å². The van der Waals surface area contributed by atoms with E-state index in [1.807, 2.05) is 20.8 Å². The number of benzene rings is 1. The van der Waals surface area contributed by atoms with Crippen LogP contribution in [0.25, 0.3) is 6.08 Å². The van der Waals surface area contributed by atoms with Crippen LogP contribution in [0.2, 0.25) is 0 Å². The van der Waals surface area contributed by atoms with E-state index in [9.17, 15) is 19.3 Å². The van der Waals surface area contributed by atoms with Gasteiger partial charge in [0.2, 0.25) is 0 Å². The Labute approximate surface area is 174 Å². The Hall–Kier alpha value is -3.56. The van der Waals surface area contributed by atoms with Gasteiger partial charge in [-0.25, -0.2) is 15.6 Å². The van der Waals surface area contributed by atoms with Crippen LogP contribution in [0, 0.1) is 4.91 Å². The summed E-state index contributed by atoms with van der Waals surface area (Å²) in [4.78, 5) is 47.2. The van der Waals surface area contributed by atoms with Crippen molar-refractivity contribution in [3.8, 4) is 0 Å². The van der Waals surface area contributed by atoms with Gasteiger partial charge in [-0.2, -0.15) is 5.10 Å². The van der Waals surface area contributed by atoms with Crippen LogP contribution in [-0.2, 0) is 9.53 Å². The third-order valence-electron chi connectivity index (χ3n) is 4.10. The van der Waals surface area contributed by atoms with E-state index < -0.39 is 23.5 Å². The van der Waals surface area contributed by atoms with Gasteiger partial charge in [0.05, 0.1) is 11.3 Å². The van der Waals surface area contributed by atoms with Crippen molar-refractivity contribution in [3.63, 3.8) is 0 Å². The minimum absolute atomic E-state index is 0.236. The van der Waals surface area contributed by atoms with Crippen molar-refractivity contribution in [3.05, 3.63) is 46.4 Å². The second kappa shape index (κ2) is 10.3. The van der Waals surface area contributed by atoms with Gasteiger partial charge in [-0.15, -0.1) is 4.91 Å². The highest BCUT2D eigenvalue weighted by molar-refractivity contribution is 5.95. The summed E-state index contributed by atoms with van der Waals surface area (Å²) < 4.78 is 5.39. The van der Waals surface area contributed by atoms with Crippen molar-refractivity contribution < 1.29 is 19.1 Å². The number of rotatable bonds is 6. The van der Waals surface area contributed by atoms with Crippen molar-refractivity contribution in [1.82, 2.24) is 15.8 Å². The Balaban J connectivity index is 1.90. The lowest BCUT2D eigenvalue weighted by molar-refractivity contribution is -0.116. The van der Waals surface area contributed by atoms with Crippen molar-refractivity contribution in [2.45, 2.75) is 45.3 Å². The molecule has 0 aliphatic carbocycles. The lowest BCUT2D eigenvalue weighted by atomic mass is 10.1. The quantitative estimate of drug-likeness (QED) is 0.319. The summed E-state index contributed by atoms with van der Waals surface area (Å²) >= 11 is 0. The summed E-state index contributed by atoms with van der Waals surface area (Å²) in [6.45, 7) is 6.00. The number of nitrogens with one attached hydrogen (secondary N) is 2. The van der Waals surface area contributed by atoms with E-state index in [1.165, 1.54) is 12.3 Å². The molecule has 0 aromatic heterocycles. The van der Waals surface area contributed by atoms with Gasteiger partial charge in [-0.1, -0.05) is 12.1 Å². The Kier molecular flexibility index (Phi) is 7.79. The van der Waals surface area contributed by atoms with Crippen LogP contribution < -0.4 is 10.9 Å². The fourth-order valence-electron chi connectivity index (χ4n) is 2.74. The SMILES string of the molecule is CC(C)(C)OC(=O)N1CCCC1C=NNC(=O)c1ccc(C=CC(=O)NN=O)cc1. The van der Waals surface area contributed by atoms with Gasteiger partial charge in [0.25, 0.3) is 11.8 Å². The number of nitroso groups, excluding NO2 is 1. The van der Waals surface area contributed by atoms with Crippen LogP contribution in [0.3, 0.4) is 0 Å². The molecule has 0 spiro atoms. The maximum absolute atomic E-state index is 12.3. The second-order valence-corrected chi connectivity index (χ2v) is 7.63. The zero-order chi connectivity index (χ0) is 22.1. The van der Waals surface area contributed by atoms with Gasteiger partial charge in [0, 0.05) is 24.4 Å². The summed E-state index contributed by atoms with van der Waals surface area (Å²) in [5.74, 6) is -1.06. The highest BCUT2D eigenvalue weighted by Crippen LogP contribution is 2.19. The van der Waals surface area contributed by atoms with E-state index in [0.29, 0.717) is 17.7 Å². The summed E-state index contributed by atoms with van der Waals surface area (Å²) in [5.41, 5.74) is 4.65. The highest BCUT2D eigenvalue weighted by atomic mass is 16.6. The zero-order valence-corrected chi connectivity index (χ0v) is 17.1. The molecule has 0 saturated carbocycles. The van der Waals surface area contributed by atoms with Crippen LogP contribution in [-0.4, -0.2) is 47.2 Å². The molecule has 1 aromatic rings. The first-order valence-corrected chi connectivity index (χ1v) is 9.43. The molecule has 1 heterocycles. The lowest BCUT2D eigenvalue weighted by Gasteiger charge is -2.26. The standard InChI is InChI=1S/C20H25N5O5/c1-20(2,3)30-19(28)25-12-4-5-16(25)13-21-23-18(27)15-9-6-14(7-10-15)8-11-17(26)22-24-29/h6-11,13,16H,4-5,12H2,1-3H3,(H,23,27)(H,22,26,29). The molecule has 1 fully saturated rings. The van der Waals surface area contributed by atoms with E-state index >= 15 is 0 Å². The van der Waals surface area contributed by atoms with Crippen LogP contribution >= 0.6 is 0 Å². The van der Waals surface area contributed by atoms with Gasteiger partial charge in [-0.05, 0) is 57.4 Å². The number of hydrogen-bond acceptors (Lipinski definition) is 7. The summed E-state index contributed by atoms with van der Waals surface area (Å²) in [7, 11) is 0. The Morgan fingerprint density at radius 1 is 1.17 bits per heavy atom. The molecule has 1 atom stereocenters.